The number of hydrogen-bond acceptors (Lipinski definition) is 5. The minimum absolute atomic E-state index is 0.0699. The highest BCUT2D eigenvalue weighted by Crippen LogP contribution is 2.54. The zero-order chi connectivity index (χ0) is 16.1. The Morgan fingerprint density at radius 2 is 2.23 bits per heavy atom. The van der Waals surface area contributed by atoms with Crippen molar-refractivity contribution < 1.29 is 19.4 Å². The van der Waals surface area contributed by atoms with Gasteiger partial charge < -0.3 is 9.84 Å². The molecule has 5 heteroatoms. The van der Waals surface area contributed by atoms with E-state index in [1.807, 2.05) is 6.08 Å². The molecule has 0 spiro atoms. The van der Waals surface area contributed by atoms with Crippen LogP contribution in [0.4, 0.5) is 0 Å². The highest BCUT2D eigenvalue weighted by molar-refractivity contribution is 7.81. The van der Waals surface area contributed by atoms with Crippen LogP contribution < -0.4 is 0 Å². The molecule has 3 rings (SSSR count). The van der Waals surface area contributed by atoms with Crippen molar-refractivity contribution >= 4 is 24.4 Å². The Balaban J connectivity index is 1.91. The summed E-state index contributed by atoms with van der Waals surface area (Å²) in [5.74, 6) is 0.173. The van der Waals surface area contributed by atoms with E-state index in [4.69, 9.17) is 4.74 Å². The Morgan fingerprint density at radius 3 is 2.91 bits per heavy atom. The highest BCUT2D eigenvalue weighted by atomic mass is 32.1. The van der Waals surface area contributed by atoms with Crippen LogP contribution in [0.2, 0.25) is 0 Å². The maximum atomic E-state index is 11.6. The number of thiol groups is 1. The molecule has 0 bridgehead atoms. The fourth-order valence-electron chi connectivity index (χ4n) is 4.29. The van der Waals surface area contributed by atoms with Crippen LogP contribution >= 0.6 is 12.6 Å². The first-order valence-electron chi connectivity index (χ1n) is 7.77. The van der Waals surface area contributed by atoms with Gasteiger partial charge in [-0.05, 0) is 29.7 Å². The zero-order valence-corrected chi connectivity index (χ0v) is 13.8. The first-order valence-corrected chi connectivity index (χ1v) is 8.40. The number of carbonyl (C=O) groups is 2. The first kappa shape index (κ1) is 15.8. The van der Waals surface area contributed by atoms with Gasteiger partial charge >= 0.3 is 5.97 Å². The minimum atomic E-state index is -0.725. The molecule has 2 aliphatic carbocycles. The summed E-state index contributed by atoms with van der Waals surface area (Å²) in [6.07, 6.45) is 4.52. The lowest BCUT2D eigenvalue weighted by molar-refractivity contribution is -0.148. The lowest BCUT2D eigenvalue weighted by Crippen LogP contribution is -2.52. The van der Waals surface area contributed by atoms with Crippen molar-refractivity contribution in [2.45, 2.75) is 45.3 Å². The summed E-state index contributed by atoms with van der Waals surface area (Å²) < 4.78 is 5.31. The van der Waals surface area contributed by atoms with E-state index >= 15 is 0 Å². The second-order valence-corrected chi connectivity index (χ2v) is 7.41. The van der Waals surface area contributed by atoms with E-state index in [1.165, 1.54) is 0 Å². The smallest absolute Gasteiger partial charge is 0.331 e. The van der Waals surface area contributed by atoms with E-state index in [0.29, 0.717) is 6.42 Å². The van der Waals surface area contributed by atoms with Crippen LogP contribution in [0, 0.1) is 17.3 Å². The summed E-state index contributed by atoms with van der Waals surface area (Å²) in [6, 6.07) is 0. The summed E-state index contributed by atoms with van der Waals surface area (Å²) in [6.45, 7) is 4.24. The van der Waals surface area contributed by atoms with Crippen molar-refractivity contribution in [2.24, 2.45) is 17.3 Å². The quantitative estimate of drug-likeness (QED) is 0.474. The molecule has 1 fully saturated rings. The van der Waals surface area contributed by atoms with Gasteiger partial charge in [0, 0.05) is 24.2 Å². The van der Waals surface area contributed by atoms with Gasteiger partial charge in [0.1, 0.15) is 11.9 Å². The Hall–Kier alpha value is -1.07. The second-order valence-electron chi connectivity index (χ2n) is 7.09. The molecule has 4 atom stereocenters. The van der Waals surface area contributed by atoms with E-state index in [1.54, 1.807) is 6.08 Å². The second kappa shape index (κ2) is 5.53. The maximum absolute atomic E-state index is 11.6. The van der Waals surface area contributed by atoms with Crippen LogP contribution in [0.1, 0.15) is 33.1 Å². The Bertz CT molecular complexity index is 575. The van der Waals surface area contributed by atoms with Gasteiger partial charge in [-0.2, -0.15) is 12.6 Å². The summed E-state index contributed by atoms with van der Waals surface area (Å²) in [5.41, 5.74) is 1.80. The Morgan fingerprint density at radius 1 is 1.50 bits per heavy atom. The van der Waals surface area contributed by atoms with Gasteiger partial charge in [-0.3, -0.25) is 4.79 Å². The average Bonchev–Trinajstić information content (AvgIpc) is 2.88. The SMILES string of the molecule is CC1(C)C2=CC(=O)O[C@H]2[C@H](O)[C@H]2C=C(CC(=O)CS)CC[C@H]21. The van der Waals surface area contributed by atoms with Gasteiger partial charge in [0.05, 0.1) is 0 Å². The first-order chi connectivity index (χ1) is 10.3. The van der Waals surface area contributed by atoms with Crippen molar-refractivity contribution in [3.8, 4) is 0 Å². The number of aliphatic hydroxyl groups excluding tert-OH is 1. The van der Waals surface area contributed by atoms with Crippen LogP contribution in [0.3, 0.4) is 0 Å². The molecule has 0 saturated heterocycles. The standard InChI is InChI=1S/C17H22O4S/c1-17(2)12-4-3-9(5-10(18)8-22)6-11(12)15(20)16-13(17)7-14(19)21-16/h6-7,11-12,15-16,20,22H,3-5,8H2,1-2H3/t11-,12+,15+,16+/m0/s1. The molecule has 1 aliphatic heterocycles. The molecule has 1 saturated carbocycles. The predicted octanol–water partition coefficient (Wildman–Crippen LogP) is 2.08. The summed E-state index contributed by atoms with van der Waals surface area (Å²) >= 11 is 4.02. The Kier molecular flexibility index (Phi) is 3.98. The number of aliphatic hydroxyl groups is 1. The van der Waals surface area contributed by atoms with Gasteiger partial charge in [-0.1, -0.05) is 25.5 Å². The predicted molar refractivity (Wildman–Crippen MR) is 85.5 cm³/mol. The molecule has 0 aromatic heterocycles. The monoisotopic (exact) mass is 322 g/mol. The molecule has 0 unspecified atom stereocenters. The van der Waals surface area contributed by atoms with E-state index < -0.39 is 12.2 Å². The van der Waals surface area contributed by atoms with Crippen LogP contribution in [0.25, 0.3) is 0 Å². The number of hydrogen-bond donors (Lipinski definition) is 2. The fraction of sp³-hybridized carbons (Fsp3) is 0.647. The number of carbonyl (C=O) groups excluding carboxylic acids is 2. The lowest BCUT2D eigenvalue weighted by atomic mass is 9.56. The van der Waals surface area contributed by atoms with E-state index in [-0.39, 0.29) is 34.8 Å². The van der Waals surface area contributed by atoms with Crippen LogP contribution in [-0.4, -0.2) is 34.8 Å². The minimum Gasteiger partial charge on any atom is -0.452 e. The number of rotatable bonds is 3. The van der Waals surface area contributed by atoms with Crippen LogP contribution in [-0.2, 0) is 14.3 Å². The third-order valence-corrected chi connectivity index (χ3v) is 5.82. The molecular formula is C17H22O4S. The molecule has 1 heterocycles. The van der Waals surface area contributed by atoms with Crippen molar-refractivity contribution in [3.63, 3.8) is 0 Å². The number of ether oxygens (including phenoxy) is 1. The third-order valence-electron chi connectivity index (χ3n) is 5.47. The van der Waals surface area contributed by atoms with E-state index in [2.05, 4.69) is 26.5 Å². The van der Waals surface area contributed by atoms with Gasteiger partial charge in [-0.25, -0.2) is 4.79 Å². The van der Waals surface area contributed by atoms with Gasteiger partial charge in [0.15, 0.2) is 6.10 Å². The van der Waals surface area contributed by atoms with Gasteiger partial charge in [0.2, 0.25) is 0 Å². The van der Waals surface area contributed by atoms with Crippen molar-refractivity contribution in [2.75, 3.05) is 5.75 Å². The normalized spacial score (nSPS) is 35.9. The van der Waals surface area contributed by atoms with Gasteiger partial charge in [0.25, 0.3) is 0 Å². The number of allylic oxidation sites excluding steroid dienone is 1. The van der Waals surface area contributed by atoms with Crippen LogP contribution in [0.5, 0.6) is 0 Å². The molecule has 120 valence electrons. The van der Waals surface area contributed by atoms with Crippen LogP contribution in [0.15, 0.2) is 23.3 Å². The molecule has 0 radical (unpaired) electrons. The van der Waals surface area contributed by atoms with E-state index in [0.717, 1.165) is 24.0 Å². The number of ketones is 1. The molecule has 0 amide bonds. The van der Waals surface area contributed by atoms with Crippen molar-refractivity contribution in [3.05, 3.63) is 23.3 Å². The zero-order valence-electron chi connectivity index (χ0n) is 12.9. The number of fused-ring (bicyclic) bond motifs is 2. The Labute approximate surface area is 136 Å². The number of Topliss-reactive ketones (excluding diaryl/α,β-unsaturated/α-hetero) is 1. The molecule has 0 aromatic carbocycles. The maximum Gasteiger partial charge on any atom is 0.331 e. The molecule has 0 aromatic rings. The summed E-state index contributed by atoms with van der Waals surface area (Å²) in [7, 11) is 0. The lowest BCUT2D eigenvalue weighted by Gasteiger charge is -2.50. The number of esters is 1. The molecule has 3 aliphatic rings. The highest BCUT2D eigenvalue weighted by Gasteiger charge is 2.54. The van der Waals surface area contributed by atoms with Crippen molar-refractivity contribution in [1.82, 2.24) is 0 Å². The average molecular weight is 322 g/mol. The third kappa shape index (κ3) is 2.44. The van der Waals surface area contributed by atoms with E-state index in [9.17, 15) is 14.7 Å². The van der Waals surface area contributed by atoms with Gasteiger partial charge in [-0.15, -0.1) is 0 Å². The molecule has 22 heavy (non-hydrogen) atoms. The topological polar surface area (TPSA) is 63.6 Å². The molecule has 4 nitrogen and oxygen atoms in total. The summed E-state index contributed by atoms with van der Waals surface area (Å²) in [5, 5.41) is 10.7. The molecular weight excluding hydrogens is 300 g/mol. The largest absolute Gasteiger partial charge is 0.452 e. The fourth-order valence-corrected chi connectivity index (χ4v) is 4.41. The van der Waals surface area contributed by atoms with Crippen molar-refractivity contribution in [1.29, 1.82) is 0 Å². The summed E-state index contributed by atoms with van der Waals surface area (Å²) in [4.78, 5) is 23.2. The molecule has 1 N–H and O–H groups in total.